The molecule has 3 aliphatic carbocycles. The number of aliphatic hydroxyl groups excluding tert-OH is 1. The monoisotopic (exact) mass is 402 g/mol. The summed E-state index contributed by atoms with van der Waals surface area (Å²) < 4.78 is 12.8. The molecule has 1 amide bonds. The third-order valence-corrected chi connectivity index (χ3v) is 7.17. The molecular formula is C19H36BClN2O4. The Morgan fingerprint density at radius 1 is 1.30 bits per heavy atom. The summed E-state index contributed by atoms with van der Waals surface area (Å²) >= 11 is 0. The second-order valence-electron chi connectivity index (χ2n) is 9.85. The predicted octanol–water partition coefficient (Wildman–Crippen LogP) is 1.91. The number of hydrogen-bond donors (Lipinski definition) is 3. The van der Waals surface area contributed by atoms with Gasteiger partial charge in [-0.15, -0.1) is 12.4 Å². The maximum absolute atomic E-state index is 12.4. The normalized spacial score (nSPS) is 36.9. The van der Waals surface area contributed by atoms with Crippen molar-refractivity contribution in [2.45, 2.75) is 90.6 Å². The number of amides is 1. The minimum absolute atomic E-state index is 0. The first-order valence-corrected chi connectivity index (χ1v) is 10.0. The second kappa shape index (κ2) is 7.83. The number of carbonyl (C=O) groups is 1. The molecule has 27 heavy (non-hydrogen) atoms. The molecule has 0 aromatic carbocycles. The second-order valence-corrected chi connectivity index (χ2v) is 9.85. The SMILES string of the molecule is CC(C)C[C@H](NC(=O)[C@@H](N)[C@@H](C)O)B1O[C@@H]2C[C@@H]3C[C@@H](C3(C)C)[C@]2(C)O1.Cl. The number of aliphatic hydroxyl groups is 1. The molecule has 1 heterocycles. The topological polar surface area (TPSA) is 93.8 Å². The highest BCUT2D eigenvalue weighted by atomic mass is 35.5. The van der Waals surface area contributed by atoms with Crippen LogP contribution in [0.4, 0.5) is 0 Å². The van der Waals surface area contributed by atoms with Crippen LogP contribution in [0, 0.1) is 23.2 Å². The molecule has 4 aliphatic rings. The van der Waals surface area contributed by atoms with Crippen LogP contribution >= 0.6 is 12.4 Å². The zero-order valence-corrected chi connectivity index (χ0v) is 18.2. The summed E-state index contributed by atoms with van der Waals surface area (Å²) in [6.45, 7) is 12.6. The molecule has 7 atom stereocenters. The largest absolute Gasteiger partial charge is 0.481 e. The number of halogens is 1. The fourth-order valence-electron chi connectivity index (χ4n) is 5.32. The van der Waals surface area contributed by atoms with Crippen molar-refractivity contribution >= 4 is 25.4 Å². The van der Waals surface area contributed by atoms with E-state index in [2.05, 4.69) is 39.9 Å². The van der Waals surface area contributed by atoms with Crippen molar-refractivity contribution in [1.29, 1.82) is 0 Å². The average Bonchev–Trinajstić information content (AvgIpc) is 2.89. The highest BCUT2D eigenvalue weighted by Crippen LogP contribution is 2.65. The van der Waals surface area contributed by atoms with E-state index in [9.17, 15) is 9.90 Å². The fourth-order valence-corrected chi connectivity index (χ4v) is 5.32. The van der Waals surface area contributed by atoms with Crippen LogP contribution in [0.1, 0.15) is 60.8 Å². The Labute approximate surface area is 169 Å². The van der Waals surface area contributed by atoms with E-state index in [1.807, 2.05) is 0 Å². The predicted molar refractivity (Wildman–Crippen MR) is 108 cm³/mol. The van der Waals surface area contributed by atoms with Gasteiger partial charge in [0, 0.05) is 0 Å². The molecule has 8 heteroatoms. The van der Waals surface area contributed by atoms with Crippen molar-refractivity contribution in [2.75, 3.05) is 0 Å². The van der Waals surface area contributed by atoms with Crippen molar-refractivity contribution in [3.05, 3.63) is 0 Å². The summed E-state index contributed by atoms with van der Waals surface area (Å²) in [6, 6.07) is -0.948. The van der Waals surface area contributed by atoms with Crippen LogP contribution < -0.4 is 11.1 Å². The van der Waals surface area contributed by atoms with Gasteiger partial charge in [0.1, 0.15) is 6.04 Å². The molecule has 0 aromatic heterocycles. The summed E-state index contributed by atoms with van der Waals surface area (Å²) in [5, 5.41) is 12.6. The van der Waals surface area contributed by atoms with Crippen LogP contribution in [0.3, 0.4) is 0 Å². The Kier molecular flexibility index (Phi) is 6.65. The molecule has 0 radical (unpaired) electrons. The molecule has 4 N–H and O–H groups in total. The number of nitrogens with two attached hydrogens (primary N) is 1. The molecule has 4 fully saturated rings. The Bertz CT molecular complexity index is 562. The van der Waals surface area contributed by atoms with Crippen LogP contribution in [0.25, 0.3) is 0 Å². The zero-order valence-electron chi connectivity index (χ0n) is 17.4. The first kappa shape index (κ1) is 22.9. The van der Waals surface area contributed by atoms with Crippen LogP contribution in [-0.4, -0.2) is 47.9 Å². The van der Waals surface area contributed by atoms with Gasteiger partial charge in [-0.25, -0.2) is 0 Å². The standard InChI is InChI=1S/C19H35BN2O4.ClH/c1-10(2)7-15(22-17(24)16(21)11(3)23)20-25-14-9-12-8-13(18(12,4)5)19(14,6)26-20;/h10-16,23H,7-9,21H2,1-6H3,(H,22,24);1H/t11-,12+,13+,14-,15+,16+,19+;/m1./s1. The van der Waals surface area contributed by atoms with E-state index in [-0.39, 0.29) is 41.4 Å². The van der Waals surface area contributed by atoms with E-state index < -0.39 is 19.3 Å². The van der Waals surface area contributed by atoms with Gasteiger partial charge in [-0.1, -0.05) is 27.7 Å². The lowest BCUT2D eigenvalue weighted by molar-refractivity contribution is -0.199. The number of nitrogens with one attached hydrogen (secondary N) is 1. The third kappa shape index (κ3) is 3.91. The smallest absolute Gasteiger partial charge is 0.404 e. The van der Waals surface area contributed by atoms with E-state index in [1.54, 1.807) is 0 Å². The summed E-state index contributed by atoms with van der Waals surface area (Å²) in [5.41, 5.74) is 5.79. The molecule has 2 bridgehead atoms. The molecule has 4 rings (SSSR count). The van der Waals surface area contributed by atoms with Crippen LogP contribution in [0.15, 0.2) is 0 Å². The number of hydrogen-bond acceptors (Lipinski definition) is 5. The third-order valence-electron chi connectivity index (χ3n) is 7.17. The number of carbonyl (C=O) groups excluding carboxylic acids is 1. The maximum atomic E-state index is 12.4. The fraction of sp³-hybridized carbons (Fsp3) is 0.947. The zero-order chi connectivity index (χ0) is 19.4. The molecule has 1 aliphatic heterocycles. The van der Waals surface area contributed by atoms with Gasteiger partial charge in [-0.05, 0) is 56.3 Å². The summed E-state index contributed by atoms with van der Waals surface area (Å²) in [6.07, 6.45) is 2.15. The maximum Gasteiger partial charge on any atom is 0.481 e. The Hall–Kier alpha value is -0.335. The van der Waals surface area contributed by atoms with Gasteiger partial charge in [0.2, 0.25) is 5.91 Å². The van der Waals surface area contributed by atoms with Gasteiger partial charge in [0.05, 0.1) is 23.8 Å². The van der Waals surface area contributed by atoms with Crippen molar-refractivity contribution < 1.29 is 19.2 Å². The van der Waals surface area contributed by atoms with Crippen LogP contribution in [0.2, 0.25) is 0 Å². The lowest BCUT2D eigenvalue weighted by Gasteiger charge is -2.64. The van der Waals surface area contributed by atoms with Gasteiger partial charge < -0.3 is 25.5 Å². The van der Waals surface area contributed by atoms with Crippen LogP contribution in [-0.2, 0) is 14.1 Å². The van der Waals surface area contributed by atoms with Gasteiger partial charge in [-0.3, -0.25) is 4.79 Å². The van der Waals surface area contributed by atoms with Gasteiger partial charge in [0.25, 0.3) is 0 Å². The van der Waals surface area contributed by atoms with Gasteiger partial charge in [0.15, 0.2) is 0 Å². The first-order valence-electron chi connectivity index (χ1n) is 10.0. The minimum Gasteiger partial charge on any atom is -0.404 e. The van der Waals surface area contributed by atoms with E-state index in [4.69, 9.17) is 15.0 Å². The lowest BCUT2D eigenvalue weighted by Crippen LogP contribution is -2.65. The highest BCUT2D eigenvalue weighted by Gasteiger charge is 2.68. The Morgan fingerprint density at radius 3 is 2.44 bits per heavy atom. The molecule has 0 unspecified atom stereocenters. The summed E-state index contributed by atoms with van der Waals surface area (Å²) in [7, 11) is -0.465. The Morgan fingerprint density at radius 2 is 1.93 bits per heavy atom. The van der Waals surface area contributed by atoms with E-state index >= 15 is 0 Å². The summed E-state index contributed by atoms with van der Waals surface area (Å²) in [5.74, 6) is 0.918. The molecule has 0 aromatic rings. The van der Waals surface area contributed by atoms with Crippen molar-refractivity contribution in [3.63, 3.8) is 0 Å². The molecule has 1 saturated heterocycles. The van der Waals surface area contributed by atoms with Crippen LogP contribution in [0.5, 0.6) is 0 Å². The molecular weight excluding hydrogens is 366 g/mol. The quantitative estimate of drug-likeness (QED) is 0.590. The van der Waals surface area contributed by atoms with E-state index in [0.29, 0.717) is 17.8 Å². The van der Waals surface area contributed by atoms with E-state index in [0.717, 1.165) is 12.8 Å². The molecule has 156 valence electrons. The van der Waals surface area contributed by atoms with Crippen molar-refractivity contribution in [1.82, 2.24) is 5.32 Å². The molecule has 3 saturated carbocycles. The molecule has 0 spiro atoms. The first-order chi connectivity index (χ1) is 12.0. The summed E-state index contributed by atoms with van der Waals surface area (Å²) in [4.78, 5) is 12.4. The van der Waals surface area contributed by atoms with E-state index in [1.165, 1.54) is 13.3 Å². The van der Waals surface area contributed by atoms with Crippen molar-refractivity contribution in [2.24, 2.45) is 28.9 Å². The minimum atomic E-state index is -0.948. The highest BCUT2D eigenvalue weighted by molar-refractivity contribution is 6.47. The van der Waals surface area contributed by atoms with Gasteiger partial charge >= 0.3 is 7.12 Å². The Balaban J connectivity index is 0.00000261. The lowest BCUT2D eigenvalue weighted by atomic mass is 9.43. The van der Waals surface area contributed by atoms with Crippen molar-refractivity contribution in [3.8, 4) is 0 Å². The average molecular weight is 403 g/mol. The molecule has 6 nitrogen and oxygen atoms in total. The van der Waals surface area contributed by atoms with Gasteiger partial charge in [-0.2, -0.15) is 0 Å². The number of rotatable bonds is 6.